The highest BCUT2D eigenvalue weighted by molar-refractivity contribution is 5.41. The van der Waals surface area contributed by atoms with Crippen LogP contribution in [0, 0.1) is 48.4 Å². The molecule has 0 spiro atoms. The number of hydrogen-bond acceptors (Lipinski definition) is 2. The Labute approximate surface area is 197 Å². The highest BCUT2D eigenvalue weighted by Gasteiger charge is 2.29. The summed E-state index contributed by atoms with van der Waals surface area (Å²) < 4.78 is 12.6. The zero-order valence-electron chi connectivity index (χ0n) is 18.0. The molecule has 2 fully saturated rings. The minimum Gasteiger partial charge on any atom is -1.00 e. The lowest BCUT2D eigenvalue weighted by molar-refractivity contribution is -0.922. The number of quaternary nitrogens is 2. The molecular weight excluding hydrogens is 452 g/mol. The highest BCUT2D eigenvalue weighted by atomic mass is 79.9. The fourth-order valence-corrected chi connectivity index (χ4v) is 3.85. The molecule has 31 heavy (non-hydrogen) atoms. The van der Waals surface area contributed by atoms with Crippen LogP contribution in [0.25, 0.3) is 0 Å². The number of nitrogens with zero attached hydrogens (tertiary/aromatic N) is 2. The predicted octanol–water partition coefficient (Wildman–Crippen LogP) is -1.65. The van der Waals surface area contributed by atoms with Gasteiger partial charge in [0.1, 0.15) is 52.4 Å². The fourth-order valence-electron chi connectivity index (χ4n) is 3.85. The third kappa shape index (κ3) is 7.45. The van der Waals surface area contributed by atoms with Crippen molar-refractivity contribution in [2.24, 2.45) is 0 Å². The fraction of sp³-hybridized carbons (Fsp3) is 0.462. The topological polar surface area (TPSA) is 18.5 Å². The quantitative estimate of drug-likeness (QED) is 0.379. The van der Waals surface area contributed by atoms with E-state index >= 15 is 0 Å². The Hall–Kier alpha value is -2.22. The van der Waals surface area contributed by atoms with E-state index in [0.717, 1.165) is 85.8 Å². The molecule has 2 heterocycles. The van der Waals surface area contributed by atoms with E-state index in [-0.39, 0.29) is 17.0 Å². The Morgan fingerprint density at radius 3 is 1.32 bits per heavy atom. The van der Waals surface area contributed by atoms with Gasteiger partial charge in [-0.15, -0.1) is 12.8 Å². The third-order valence-corrected chi connectivity index (χ3v) is 5.87. The van der Waals surface area contributed by atoms with E-state index in [9.17, 15) is 0 Å². The molecule has 0 radical (unpaired) electrons. The maximum absolute atomic E-state index is 5.57. The molecule has 0 N–H and O–H groups in total. The molecule has 0 unspecified atom stereocenters. The molecule has 0 bridgehead atoms. The summed E-state index contributed by atoms with van der Waals surface area (Å²) in [6.07, 6.45) is 11.1. The molecule has 5 heteroatoms. The monoisotopic (exact) mass is 481 g/mol. The molecule has 1 aromatic rings. The third-order valence-electron chi connectivity index (χ3n) is 5.87. The first-order chi connectivity index (χ1) is 14.7. The molecule has 162 valence electrons. The lowest BCUT2D eigenvalue weighted by atomic mass is 10.1. The van der Waals surface area contributed by atoms with E-state index in [1.54, 1.807) is 0 Å². The van der Waals surface area contributed by atoms with Gasteiger partial charge in [0.2, 0.25) is 0 Å². The van der Waals surface area contributed by atoms with Gasteiger partial charge in [-0.05, 0) is 47.9 Å². The summed E-state index contributed by atoms with van der Waals surface area (Å²) in [5, 5.41) is 0. The van der Waals surface area contributed by atoms with E-state index in [4.69, 9.17) is 22.3 Å². The zero-order valence-corrected chi connectivity index (χ0v) is 19.6. The number of rotatable bonds is 4. The first-order valence-corrected chi connectivity index (χ1v) is 10.5. The molecule has 0 atom stereocenters. The number of terminal acetylenes is 2. The van der Waals surface area contributed by atoms with Crippen molar-refractivity contribution < 1.29 is 35.4 Å². The molecule has 2 aliphatic heterocycles. The second kappa shape index (κ2) is 12.6. The smallest absolute Gasteiger partial charge is 0.142 e. The second-order valence-corrected chi connectivity index (χ2v) is 8.02. The summed E-state index contributed by atoms with van der Waals surface area (Å²) in [6, 6.07) is 8.12. The van der Waals surface area contributed by atoms with Crippen LogP contribution < -0.4 is 17.0 Å². The van der Waals surface area contributed by atoms with Gasteiger partial charge in [-0.25, -0.2) is 0 Å². The second-order valence-electron chi connectivity index (χ2n) is 8.02. The number of ether oxygens (including phenoxy) is 2. The van der Waals surface area contributed by atoms with Gasteiger partial charge in [-0.2, -0.15) is 0 Å². The summed E-state index contributed by atoms with van der Waals surface area (Å²) in [7, 11) is 0. The van der Waals surface area contributed by atoms with E-state index in [1.165, 1.54) is 0 Å². The average molecular weight is 482 g/mol. The van der Waals surface area contributed by atoms with Crippen LogP contribution >= 0.6 is 0 Å². The number of benzene rings is 1. The van der Waals surface area contributed by atoms with Crippen molar-refractivity contribution in [3.63, 3.8) is 0 Å². The first kappa shape index (κ1) is 25.0. The van der Waals surface area contributed by atoms with E-state index in [1.807, 2.05) is 24.3 Å². The average Bonchev–Trinajstić information content (AvgIpc) is 2.77. The Bertz CT molecular complexity index is 830. The summed E-state index contributed by atoms with van der Waals surface area (Å²) in [6.45, 7) is 9.67. The van der Waals surface area contributed by atoms with Crippen molar-refractivity contribution in [1.82, 2.24) is 0 Å². The summed E-state index contributed by atoms with van der Waals surface area (Å²) in [5.41, 5.74) is 1.99. The molecule has 3 rings (SSSR count). The van der Waals surface area contributed by atoms with Crippen molar-refractivity contribution in [2.75, 3.05) is 78.8 Å². The molecule has 0 aromatic heterocycles. The Morgan fingerprint density at radius 1 is 0.645 bits per heavy atom. The van der Waals surface area contributed by atoms with Crippen LogP contribution in [-0.2, 0) is 9.47 Å². The largest absolute Gasteiger partial charge is 1.00 e. The summed E-state index contributed by atoms with van der Waals surface area (Å²) in [5.74, 6) is 18.8. The minimum atomic E-state index is 0. The van der Waals surface area contributed by atoms with Crippen molar-refractivity contribution in [3.05, 3.63) is 35.4 Å². The van der Waals surface area contributed by atoms with Gasteiger partial charge in [0.15, 0.2) is 0 Å². The van der Waals surface area contributed by atoms with Crippen LogP contribution in [0.1, 0.15) is 11.1 Å². The van der Waals surface area contributed by atoms with Crippen molar-refractivity contribution >= 4 is 0 Å². The van der Waals surface area contributed by atoms with E-state index < -0.39 is 0 Å². The van der Waals surface area contributed by atoms with Gasteiger partial charge < -0.3 is 26.5 Å². The van der Waals surface area contributed by atoms with Crippen LogP contribution in [0.5, 0.6) is 0 Å². The van der Waals surface area contributed by atoms with Crippen LogP contribution in [-0.4, -0.2) is 87.8 Å². The van der Waals surface area contributed by atoms with Gasteiger partial charge in [0.05, 0.1) is 26.4 Å². The van der Waals surface area contributed by atoms with Crippen LogP contribution in [0.2, 0.25) is 0 Å². The maximum Gasteiger partial charge on any atom is 0.142 e. The summed E-state index contributed by atoms with van der Waals surface area (Å²) in [4.78, 5) is 0. The number of morpholine rings is 2. The number of halogens is 1. The van der Waals surface area contributed by atoms with Gasteiger partial charge >= 0.3 is 0 Å². The van der Waals surface area contributed by atoms with Crippen LogP contribution in [0.4, 0.5) is 0 Å². The molecule has 4 nitrogen and oxygen atoms in total. The zero-order chi connectivity index (χ0) is 21.1. The normalized spacial score (nSPS) is 18.5. The van der Waals surface area contributed by atoms with Gasteiger partial charge in [0.25, 0.3) is 0 Å². The van der Waals surface area contributed by atoms with E-state index in [2.05, 4.69) is 35.5 Å². The molecule has 0 amide bonds. The van der Waals surface area contributed by atoms with Gasteiger partial charge in [-0.1, -0.05) is 11.8 Å². The molecular formula is C26H30BrN2O2+. The molecule has 1 aromatic carbocycles. The van der Waals surface area contributed by atoms with Crippen LogP contribution in [0.15, 0.2) is 24.3 Å². The lowest BCUT2D eigenvalue weighted by Crippen LogP contribution is -3.00. The SMILES string of the molecule is C#CC[N+]1(CC#Cc2ccc(C#CC[N+]3(CC#C)CCOCC3)cc2)CCOCC1.[Br-]. The molecule has 2 aliphatic rings. The summed E-state index contributed by atoms with van der Waals surface area (Å²) >= 11 is 0. The van der Waals surface area contributed by atoms with Crippen molar-refractivity contribution in [3.8, 4) is 48.4 Å². The Morgan fingerprint density at radius 2 is 1.00 bits per heavy atom. The Balaban J connectivity index is 0.00000341. The van der Waals surface area contributed by atoms with Crippen LogP contribution in [0.3, 0.4) is 0 Å². The standard InChI is InChI=1S/C26H30N2O2.BrH/c1-3-13-27(17-21-29-22-18-27)15-5-7-25-9-11-26(12-10-25)8-6-16-28(14-4-2)19-23-30-24-20-28;/h1-2,9-12H,13-24H2;1H/q+2;/p-1. The first-order valence-electron chi connectivity index (χ1n) is 10.5. The van der Waals surface area contributed by atoms with Crippen molar-refractivity contribution in [1.29, 1.82) is 0 Å². The lowest BCUT2D eigenvalue weighted by Gasteiger charge is -2.38. The van der Waals surface area contributed by atoms with Crippen molar-refractivity contribution in [2.45, 2.75) is 0 Å². The van der Waals surface area contributed by atoms with Gasteiger partial charge in [0, 0.05) is 11.1 Å². The number of hydrogen-bond donors (Lipinski definition) is 0. The molecule has 0 saturated carbocycles. The predicted molar refractivity (Wildman–Crippen MR) is 119 cm³/mol. The minimum absolute atomic E-state index is 0. The molecule has 0 aliphatic carbocycles. The Kier molecular flexibility index (Phi) is 10.2. The van der Waals surface area contributed by atoms with E-state index in [0.29, 0.717) is 13.1 Å². The maximum atomic E-state index is 5.57. The molecule has 2 saturated heterocycles. The van der Waals surface area contributed by atoms with Gasteiger partial charge in [-0.3, -0.25) is 8.97 Å². The highest BCUT2D eigenvalue weighted by Crippen LogP contribution is 2.11.